The van der Waals surface area contributed by atoms with Gasteiger partial charge in [-0.25, -0.2) is 4.79 Å². The topological polar surface area (TPSA) is 59.4 Å². The summed E-state index contributed by atoms with van der Waals surface area (Å²) >= 11 is 0. The third kappa shape index (κ3) is 3.14. The Hall–Kier alpha value is -1.94. The number of nitrogens with zero attached hydrogens (tertiary/aromatic N) is 1. The van der Waals surface area contributed by atoms with Crippen LogP contribution >= 0.6 is 0 Å². The minimum atomic E-state index is -0.980. The summed E-state index contributed by atoms with van der Waals surface area (Å²) in [6, 6.07) is 7.50. The molecule has 1 atom stereocenters. The minimum Gasteiger partial charge on any atom is -0.479 e. The van der Waals surface area contributed by atoms with Crippen molar-refractivity contribution in [1.82, 2.24) is 4.98 Å². The first-order valence-corrected chi connectivity index (χ1v) is 6.54. The van der Waals surface area contributed by atoms with E-state index in [1.54, 1.807) is 6.20 Å². The summed E-state index contributed by atoms with van der Waals surface area (Å²) in [6.45, 7) is 7.42. The lowest BCUT2D eigenvalue weighted by atomic mass is 9.99. The number of hydrogen-bond donors (Lipinski definition) is 1. The maximum absolute atomic E-state index is 11.5. The molecule has 1 aromatic carbocycles. The van der Waals surface area contributed by atoms with Crippen molar-refractivity contribution in [3.05, 3.63) is 41.6 Å². The highest BCUT2D eigenvalue weighted by atomic mass is 16.5. The number of aromatic nitrogens is 1. The molecule has 0 fully saturated rings. The molecule has 4 nitrogen and oxygen atoms in total. The molecule has 106 valence electrons. The summed E-state index contributed by atoms with van der Waals surface area (Å²) in [5.41, 5.74) is 1.87. The van der Waals surface area contributed by atoms with E-state index in [-0.39, 0.29) is 0 Å². The number of fused-ring (bicyclic) bond motifs is 1. The Morgan fingerprint density at radius 2 is 2.05 bits per heavy atom. The predicted molar refractivity (Wildman–Crippen MR) is 77.7 cm³/mol. The van der Waals surface area contributed by atoms with E-state index in [1.165, 1.54) is 0 Å². The molecule has 1 N–H and O–H groups in total. The fourth-order valence-corrected chi connectivity index (χ4v) is 2.13. The smallest absolute Gasteiger partial charge is 0.337 e. The zero-order chi connectivity index (χ0) is 14.9. The summed E-state index contributed by atoms with van der Waals surface area (Å²) in [4.78, 5) is 15.8. The van der Waals surface area contributed by atoms with Gasteiger partial charge in [-0.2, -0.15) is 0 Å². The van der Waals surface area contributed by atoms with Crippen LogP contribution in [0.25, 0.3) is 10.9 Å². The molecule has 0 aliphatic rings. The summed E-state index contributed by atoms with van der Waals surface area (Å²) in [5, 5.41) is 10.4. The van der Waals surface area contributed by atoms with Crippen LogP contribution in [-0.4, -0.2) is 21.7 Å². The van der Waals surface area contributed by atoms with Crippen molar-refractivity contribution in [3.63, 3.8) is 0 Å². The van der Waals surface area contributed by atoms with Gasteiger partial charge in [0.2, 0.25) is 0 Å². The lowest BCUT2D eigenvalue weighted by Crippen LogP contribution is -2.27. The Balaban J connectivity index is 2.53. The van der Waals surface area contributed by atoms with Gasteiger partial charge >= 0.3 is 5.97 Å². The first-order chi connectivity index (χ1) is 9.28. The van der Waals surface area contributed by atoms with E-state index >= 15 is 0 Å². The predicted octanol–water partition coefficient (Wildman–Crippen LogP) is 3.48. The van der Waals surface area contributed by atoms with Crippen molar-refractivity contribution in [3.8, 4) is 0 Å². The van der Waals surface area contributed by atoms with Crippen LogP contribution in [0.15, 0.2) is 30.5 Å². The summed E-state index contributed by atoms with van der Waals surface area (Å²) in [5.74, 6) is -0.980. The van der Waals surface area contributed by atoms with E-state index in [9.17, 15) is 9.90 Å². The standard InChI is InChI=1S/C16H19NO3/c1-10-8-13-11(6-5-7-17-13)9-12(10)14(15(18)19)20-16(2,3)4/h5-9,14H,1-4H3,(H,18,19). The minimum absolute atomic E-state index is 0.528. The molecule has 4 heteroatoms. The Bertz CT molecular complexity index is 644. The first-order valence-electron chi connectivity index (χ1n) is 6.54. The number of hydrogen-bond acceptors (Lipinski definition) is 3. The molecule has 1 aromatic heterocycles. The van der Waals surface area contributed by atoms with Crippen molar-refractivity contribution in [2.75, 3.05) is 0 Å². The van der Waals surface area contributed by atoms with Crippen molar-refractivity contribution in [2.45, 2.75) is 39.4 Å². The van der Waals surface area contributed by atoms with Crippen LogP contribution in [0, 0.1) is 6.92 Å². The van der Waals surface area contributed by atoms with Gasteiger partial charge in [-0.3, -0.25) is 4.98 Å². The number of carboxylic acids is 1. The molecule has 0 radical (unpaired) electrons. The number of aryl methyl sites for hydroxylation is 1. The van der Waals surface area contributed by atoms with E-state index in [4.69, 9.17) is 4.74 Å². The molecule has 1 heterocycles. The molecule has 0 aliphatic heterocycles. The molecule has 2 rings (SSSR count). The first kappa shape index (κ1) is 14.5. The fourth-order valence-electron chi connectivity index (χ4n) is 2.13. The van der Waals surface area contributed by atoms with Crippen molar-refractivity contribution < 1.29 is 14.6 Å². The molecule has 1 unspecified atom stereocenters. The number of benzene rings is 1. The zero-order valence-corrected chi connectivity index (χ0v) is 12.2. The molecule has 2 aromatic rings. The molecule has 0 spiro atoms. The summed E-state index contributed by atoms with van der Waals surface area (Å²) in [7, 11) is 0. The Morgan fingerprint density at radius 3 is 2.65 bits per heavy atom. The maximum Gasteiger partial charge on any atom is 0.337 e. The summed E-state index contributed by atoms with van der Waals surface area (Å²) in [6.07, 6.45) is 0.751. The lowest BCUT2D eigenvalue weighted by Gasteiger charge is -2.26. The highest BCUT2D eigenvalue weighted by Gasteiger charge is 2.28. The molecule has 0 saturated carbocycles. The summed E-state index contributed by atoms with van der Waals surface area (Å²) < 4.78 is 5.70. The van der Waals surface area contributed by atoms with Gasteiger partial charge < -0.3 is 9.84 Å². The Morgan fingerprint density at radius 1 is 1.35 bits per heavy atom. The number of ether oxygens (including phenoxy) is 1. The van der Waals surface area contributed by atoms with E-state index in [0.29, 0.717) is 5.56 Å². The molecule has 20 heavy (non-hydrogen) atoms. The second-order valence-electron chi connectivity index (χ2n) is 5.85. The molecule has 0 bridgehead atoms. The molecular formula is C16H19NO3. The van der Waals surface area contributed by atoms with Crippen LogP contribution in [0.2, 0.25) is 0 Å². The monoisotopic (exact) mass is 273 g/mol. The maximum atomic E-state index is 11.5. The second kappa shape index (κ2) is 5.21. The van der Waals surface area contributed by atoms with Crippen LogP contribution in [-0.2, 0) is 9.53 Å². The van der Waals surface area contributed by atoms with Crippen molar-refractivity contribution in [2.24, 2.45) is 0 Å². The van der Waals surface area contributed by atoms with E-state index < -0.39 is 17.7 Å². The van der Waals surface area contributed by atoms with E-state index in [1.807, 2.05) is 52.0 Å². The number of aliphatic carboxylic acids is 1. The molecule has 0 saturated heterocycles. The number of pyridine rings is 1. The van der Waals surface area contributed by atoms with Crippen LogP contribution in [0.5, 0.6) is 0 Å². The van der Waals surface area contributed by atoms with Crippen molar-refractivity contribution in [1.29, 1.82) is 0 Å². The van der Waals surface area contributed by atoms with Crippen LogP contribution in [0.4, 0.5) is 0 Å². The van der Waals surface area contributed by atoms with Crippen LogP contribution in [0.3, 0.4) is 0 Å². The fraction of sp³-hybridized carbons (Fsp3) is 0.375. The third-order valence-electron chi connectivity index (χ3n) is 2.97. The van der Waals surface area contributed by atoms with Gasteiger partial charge in [0.05, 0.1) is 11.1 Å². The van der Waals surface area contributed by atoms with Gasteiger partial charge in [-0.1, -0.05) is 6.07 Å². The van der Waals surface area contributed by atoms with Gasteiger partial charge in [0.1, 0.15) is 0 Å². The van der Waals surface area contributed by atoms with E-state index in [2.05, 4.69) is 4.98 Å². The SMILES string of the molecule is Cc1cc2ncccc2cc1C(OC(C)(C)C)C(=O)O. The third-order valence-corrected chi connectivity index (χ3v) is 2.97. The lowest BCUT2D eigenvalue weighted by molar-refractivity contribution is -0.160. The van der Waals surface area contributed by atoms with E-state index in [0.717, 1.165) is 16.5 Å². The number of carbonyl (C=O) groups is 1. The van der Waals surface area contributed by atoms with Crippen LogP contribution < -0.4 is 0 Å². The Kier molecular flexibility index (Phi) is 3.77. The van der Waals surface area contributed by atoms with Gasteiger partial charge in [0.15, 0.2) is 6.10 Å². The highest BCUT2D eigenvalue weighted by Crippen LogP contribution is 2.29. The number of carboxylic acid groups (broad SMARTS) is 1. The van der Waals surface area contributed by atoms with Crippen LogP contribution in [0.1, 0.15) is 38.0 Å². The molecule has 0 amide bonds. The Labute approximate surface area is 118 Å². The number of rotatable bonds is 3. The zero-order valence-electron chi connectivity index (χ0n) is 12.2. The molecule has 0 aliphatic carbocycles. The van der Waals surface area contributed by atoms with Gasteiger partial charge in [-0.15, -0.1) is 0 Å². The van der Waals surface area contributed by atoms with Gasteiger partial charge in [0, 0.05) is 11.6 Å². The average Bonchev–Trinajstić information content (AvgIpc) is 2.34. The largest absolute Gasteiger partial charge is 0.479 e. The highest BCUT2D eigenvalue weighted by molar-refractivity contribution is 5.83. The van der Waals surface area contributed by atoms with Crippen molar-refractivity contribution >= 4 is 16.9 Å². The van der Waals surface area contributed by atoms with Gasteiger partial charge in [-0.05, 0) is 57.0 Å². The quantitative estimate of drug-likeness (QED) is 0.930. The average molecular weight is 273 g/mol. The van der Waals surface area contributed by atoms with Gasteiger partial charge in [0.25, 0.3) is 0 Å². The second-order valence-corrected chi connectivity index (χ2v) is 5.85. The normalized spacial score (nSPS) is 13.4. The molecular weight excluding hydrogens is 254 g/mol.